The molecule has 5 nitrogen and oxygen atoms in total. The van der Waals surface area contributed by atoms with E-state index in [2.05, 4.69) is 39.4 Å². The van der Waals surface area contributed by atoms with Crippen LogP contribution in [0.1, 0.15) is 33.3 Å². The molecular weight excluding hydrogens is 365 g/mol. The third-order valence-electron chi connectivity index (χ3n) is 4.06. The topological polar surface area (TPSA) is 62.7 Å². The smallest absolute Gasteiger partial charge is 0.132 e. The molecular formula is C16H25Cl2N5S. The lowest BCUT2D eigenvalue weighted by Gasteiger charge is -2.11. The van der Waals surface area contributed by atoms with Gasteiger partial charge in [0.2, 0.25) is 0 Å². The first-order valence-corrected chi connectivity index (χ1v) is 8.76. The Bertz CT molecular complexity index is 628. The molecule has 3 heterocycles. The van der Waals surface area contributed by atoms with Crippen LogP contribution in [-0.2, 0) is 19.3 Å². The number of halogens is 2. The number of anilines is 1. The maximum atomic E-state index is 4.59. The molecule has 24 heavy (non-hydrogen) atoms. The third kappa shape index (κ3) is 5.28. The number of thiazole rings is 1. The van der Waals surface area contributed by atoms with Crippen molar-refractivity contribution in [1.29, 1.82) is 0 Å². The first-order valence-electron chi connectivity index (χ1n) is 7.94. The quantitative estimate of drug-likeness (QED) is 0.769. The van der Waals surface area contributed by atoms with E-state index in [9.17, 15) is 0 Å². The highest BCUT2D eigenvalue weighted by Gasteiger charge is 2.13. The van der Waals surface area contributed by atoms with E-state index in [0.717, 1.165) is 51.1 Å². The van der Waals surface area contributed by atoms with Gasteiger partial charge < -0.3 is 10.6 Å². The molecule has 0 radical (unpaired) electrons. The van der Waals surface area contributed by atoms with Crippen LogP contribution in [0.4, 0.5) is 5.82 Å². The molecule has 1 aliphatic rings. The first-order chi connectivity index (χ1) is 10.7. The number of aromatic nitrogens is 3. The molecule has 1 aliphatic heterocycles. The van der Waals surface area contributed by atoms with Crippen molar-refractivity contribution in [3.8, 4) is 0 Å². The summed E-state index contributed by atoms with van der Waals surface area (Å²) in [7, 11) is 0. The van der Waals surface area contributed by atoms with E-state index in [1.165, 1.54) is 26.8 Å². The molecule has 2 N–H and O–H groups in total. The second-order valence-electron chi connectivity index (χ2n) is 5.68. The maximum absolute atomic E-state index is 4.59. The first kappa shape index (κ1) is 21.1. The Balaban J connectivity index is 0.00000144. The van der Waals surface area contributed by atoms with Crippen LogP contribution in [0.5, 0.6) is 0 Å². The average Bonchev–Trinajstić information content (AvgIpc) is 2.72. The largest absolute Gasteiger partial charge is 0.370 e. The van der Waals surface area contributed by atoms with Crippen LogP contribution < -0.4 is 10.6 Å². The van der Waals surface area contributed by atoms with Gasteiger partial charge in [0.05, 0.1) is 16.4 Å². The predicted molar refractivity (Wildman–Crippen MR) is 105 cm³/mol. The summed E-state index contributed by atoms with van der Waals surface area (Å²) in [6, 6.07) is 0. The molecule has 8 heteroatoms. The summed E-state index contributed by atoms with van der Waals surface area (Å²) in [5, 5.41) is 8.14. The Labute approximate surface area is 159 Å². The zero-order valence-corrected chi connectivity index (χ0v) is 16.5. The number of hydrogen-bond donors (Lipinski definition) is 2. The molecule has 3 rings (SSSR count). The van der Waals surface area contributed by atoms with E-state index in [1.807, 2.05) is 11.3 Å². The average molecular weight is 390 g/mol. The van der Waals surface area contributed by atoms with Gasteiger partial charge in [-0.1, -0.05) is 0 Å². The second-order valence-corrected chi connectivity index (χ2v) is 6.96. The number of nitrogens with zero attached hydrogens (tertiary/aromatic N) is 3. The summed E-state index contributed by atoms with van der Waals surface area (Å²) in [6.07, 6.45) is 5.78. The second kappa shape index (κ2) is 10.1. The van der Waals surface area contributed by atoms with Gasteiger partial charge in [0.15, 0.2) is 0 Å². The molecule has 134 valence electrons. The van der Waals surface area contributed by atoms with Crippen molar-refractivity contribution in [3.05, 3.63) is 33.2 Å². The van der Waals surface area contributed by atoms with Crippen molar-refractivity contribution in [3.63, 3.8) is 0 Å². The molecule has 2 aromatic heterocycles. The van der Waals surface area contributed by atoms with Crippen LogP contribution >= 0.6 is 36.2 Å². The van der Waals surface area contributed by atoms with Crippen molar-refractivity contribution in [1.82, 2.24) is 20.3 Å². The zero-order chi connectivity index (χ0) is 15.4. The minimum Gasteiger partial charge on any atom is -0.370 e. The Morgan fingerprint density at radius 1 is 1.17 bits per heavy atom. The van der Waals surface area contributed by atoms with Crippen molar-refractivity contribution >= 4 is 42.0 Å². The molecule has 0 aromatic carbocycles. The SMILES string of the molecule is Cc1nc(CCCNc2ncnc3c2CCNCC3)sc1C.Cl.Cl. The lowest BCUT2D eigenvalue weighted by atomic mass is 10.1. The van der Waals surface area contributed by atoms with E-state index in [0.29, 0.717) is 0 Å². The monoisotopic (exact) mass is 389 g/mol. The van der Waals surface area contributed by atoms with Crippen LogP contribution in [0.25, 0.3) is 0 Å². The Hall–Kier alpha value is -0.950. The molecule has 0 unspecified atom stereocenters. The third-order valence-corrected chi connectivity index (χ3v) is 5.19. The van der Waals surface area contributed by atoms with E-state index in [1.54, 1.807) is 6.33 Å². The Morgan fingerprint density at radius 2 is 1.96 bits per heavy atom. The summed E-state index contributed by atoms with van der Waals surface area (Å²) in [4.78, 5) is 14.8. The van der Waals surface area contributed by atoms with Crippen LogP contribution in [-0.4, -0.2) is 34.6 Å². The standard InChI is InChI=1S/C16H23N5S.2ClH/c1-11-12(2)22-15(21-11)4-3-7-18-16-13-5-8-17-9-6-14(13)19-10-20-16;;/h10,17H,3-9H2,1-2H3,(H,18,19,20);2*1H. The van der Waals surface area contributed by atoms with E-state index < -0.39 is 0 Å². The molecule has 0 fully saturated rings. The van der Waals surface area contributed by atoms with Gasteiger partial charge >= 0.3 is 0 Å². The summed E-state index contributed by atoms with van der Waals surface area (Å²) >= 11 is 1.81. The molecule has 0 saturated carbocycles. The van der Waals surface area contributed by atoms with Gasteiger partial charge in [0.1, 0.15) is 12.1 Å². The fourth-order valence-corrected chi connectivity index (χ4v) is 3.69. The van der Waals surface area contributed by atoms with Gasteiger partial charge in [0, 0.05) is 36.4 Å². The van der Waals surface area contributed by atoms with E-state index in [-0.39, 0.29) is 24.8 Å². The summed E-state index contributed by atoms with van der Waals surface area (Å²) < 4.78 is 0. The minimum absolute atomic E-state index is 0. The number of rotatable bonds is 5. The van der Waals surface area contributed by atoms with Gasteiger partial charge in [-0.15, -0.1) is 36.2 Å². The Kier molecular flexibility index (Phi) is 8.91. The van der Waals surface area contributed by atoms with Gasteiger partial charge in [-0.3, -0.25) is 0 Å². The van der Waals surface area contributed by atoms with Crippen molar-refractivity contribution in [2.75, 3.05) is 25.0 Å². The maximum Gasteiger partial charge on any atom is 0.132 e. The van der Waals surface area contributed by atoms with Gasteiger partial charge in [0.25, 0.3) is 0 Å². The fourth-order valence-electron chi connectivity index (χ4n) is 2.72. The number of nitrogens with one attached hydrogen (secondary N) is 2. The Morgan fingerprint density at radius 3 is 2.71 bits per heavy atom. The molecule has 0 spiro atoms. The molecule has 0 amide bonds. The highest BCUT2D eigenvalue weighted by Crippen LogP contribution is 2.19. The van der Waals surface area contributed by atoms with Crippen LogP contribution in [0.3, 0.4) is 0 Å². The lowest BCUT2D eigenvalue weighted by molar-refractivity contribution is 0.708. The number of fused-ring (bicyclic) bond motifs is 1. The van der Waals surface area contributed by atoms with Crippen molar-refractivity contribution in [2.24, 2.45) is 0 Å². The highest BCUT2D eigenvalue weighted by atomic mass is 35.5. The van der Waals surface area contributed by atoms with Gasteiger partial charge in [-0.25, -0.2) is 15.0 Å². The lowest BCUT2D eigenvalue weighted by Crippen LogP contribution is -2.16. The normalized spacial score (nSPS) is 13.2. The molecule has 0 saturated heterocycles. The zero-order valence-electron chi connectivity index (χ0n) is 14.1. The molecule has 0 atom stereocenters. The predicted octanol–water partition coefficient (Wildman–Crippen LogP) is 3.13. The van der Waals surface area contributed by atoms with E-state index in [4.69, 9.17) is 0 Å². The summed E-state index contributed by atoms with van der Waals surface area (Å²) in [6.45, 7) is 7.16. The highest BCUT2D eigenvalue weighted by molar-refractivity contribution is 7.11. The number of hydrogen-bond acceptors (Lipinski definition) is 6. The van der Waals surface area contributed by atoms with E-state index >= 15 is 0 Å². The van der Waals surface area contributed by atoms with Crippen LogP contribution in [0, 0.1) is 13.8 Å². The molecule has 0 bridgehead atoms. The molecule has 2 aromatic rings. The fraction of sp³-hybridized carbons (Fsp3) is 0.562. The summed E-state index contributed by atoms with van der Waals surface area (Å²) in [5.41, 5.74) is 3.64. The van der Waals surface area contributed by atoms with Crippen LogP contribution in [0.2, 0.25) is 0 Å². The number of aryl methyl sites for hydroxylation is 3. The van der Waals surface area contributed by atoms with Gasteiger partial charge in [-0.05, 0) is 33.2 Å². The summed E-state index contributed by atoms with van der Waals surface area (Å²) in [5.74, 6) is 1.01. The minimum atomic E-state index is 0. The van der Waals surface area contributed by atoms with Crippen LogP contribution in [0.15, 0.2) is 6.33 Å². The van der Waals surface area contributed by atoms with Gasteiger partial charge in [-0.2, -0.15) is 0 Å². The van der Waals surface area contributed by atoms with Crippen molar-refractivity contribution < 1.29 is 0 Å². The van der Waals surface area contributed by atoms with Crippen molar-refractivity contribution in [2.45, 2.75) is 39.5 Å². The molecule has 0 aliphatic carbocycles.